The summed E-state index contributed by atoms with van der Waals surface area (Å²) in [4.78, 5) is 11.4. The van der Waals surface area contributed by atoms with E-state index in [1.54, 1.807) is 32.9 Å². The number of nitrogens with one attached hydrogen (secondary N) is 2. The van der Waals surface area contributed by atoms with Gasteiger partial charge in [-0.2, -0.15) is 0 Å². The van der Waals surface area contributed by atoms with Gasteiger partial charge in [0.2, 0.25) is 0 Å². The number of carbonyl (C=O) groups excluding carboxylic acids is 1. The van der Waals surface area contributed by atoms with Crippen molar-refractivity contribution < 1.29 is 19.7 Å². The SMILES string of the molecule is CC(C)(C)OC(=O)NCCNc1cc(CO)ccc1O. The number of aliphatic hydroxyl groups is 1. The van der Waals surface area contributed by atoms with Gasteiger partial charge in [0.05, 0.1) is 12.3 Å². The van der Waals surface area contributed by atoms with Crippen LogP contribution in [0.2, 0.25) is 0 Å². The van der Waals surface area contributed by atoms with Gasteiger partial charge < -0.3 is 25.6 Å². The van der Waals surface area contributed by atoms with E-state index in [0.717, 1.165) is 0 Å². The van der Waals surface area contributed by atoms with Crippen LogP contribution in [-0.2, 0) is 11.3 Å². The Morgan fingerprint density at radius 2 is 2.00 bits per heavy atom. The zero-order valence-electron chi connectivity index (χ0n) is 12.1. The first-order chi connectivity index (χ1) is 9.31. The van der Waals surface area contributed by atoms with Crippen LogP contribution in [0, 0.1) is 0 Å². The summed E-state index contributed by atoms with van der Waals surface area (Å²) in [6, 6.07) is 4.80. The predicted molar refractivity (Wildman–Crippen MR) is 76.8 cm³/mol. The molecule has 0 radical (unpaired) electrons. The highest BCUT2D eigenvalue weighted by Gasteiger charge is 2.15. The van der Waals surface area contributed by atoms with Crippen molar-refractivity contribution in [1.29, 1.82) is 0 Å². The second-order valence-corrected chi connectivity index (χ2v) is 5.37. The average Bonchev–Trinajstić information content (AvgIpc) is 2.34. The number of hydrogen-bond donors (Lipinski definition) is 4. The standard InChI is InChI=1S/C14H22N2O4/c1-14(2,3)20-13(19)16-7-6-15-11-8-10(9-17)4-5-12(11)18/h4-5,8,15,17-18H,6-7,9H2,1-3H3,(H,16,19). The van der Waals surface area contributed by atoms with Crippen LogP contribution in [0.5, 0.6) is 5.75 Å². The molecule has 1 aromatic carbocycles. The van der Waals surface area contributed by atoms with Crippen molar-refractivity contribution in [3.8, 4) is 5.75 Å². The molecule has 1 rings (SSSR count). The fourth-order valence-corrected chi connectivity index (χ4v) is 1.50. The largest absolute Gasteiger partial charge is 0.506 e. The van der Waals surface area contributed by atoms with Gasteiger partial charge in [0.15, 0.2) is 0 Å². The molecule has 0 heterocycles. The number of alkyl carbamates (subject to hydrolysis) is 1. The quantitative estimate of drug-likeness (QED) is 0.488. The highest BCUT2D eigenvalue weighted by molar-refractivity contribution is 5.67. The summed E-state index contributed by atoms with van der Waals surface area (Å²) in [6.45, 7) is 6.08. The summed E-state index contributed by atoms with van der Waals surface area (Å²) in [7, 11) is 0. The first-order valence-corrected chi connectivity index (χ1v) is 6.45. The number of aromatic hydroxyl groups is 1. The van der Waals surface area contributed by atoms with Crippen molar-refractivity contribution in [2.24, 2.45) is 0 Å². The number of ether oxygens (including phenoxy) is 1. The Kier molecular flexibility index (Phi) is 5.64. The minimum Gasteiger partial charge on any atom is -0.506 e. The maximum absolute atomic E-state index is 11.4. The van der Waals surface area contributed by atoms with E-state index in [9.17, 15) is 9.90 Å². The monoisotopic (exact) mass is 282 g/mol. The van der Waals surface area contributed by atoms with Crippen LogP contribution in [0.15, 0.2) is 18.2 Å². The third kappa shape index (κ3) is 5.79. The molecule has 20 heavy (non-hydrogen) atoms. The second-order valence-electron chi connectivity index (χ2n) is 5.37. The molecule has 4 N–H and O–H groups in total. The first-order valence-electron chi connectivity index (χ1n) is 6.45. The molecule has 6 nitrogen and oxygen atoms in total. The number of hydrogen-bond acceptors (Lipinski definition) is 5. The molecular formula is C14H22N2O4. The Morgan fingerprint density at radius 3 is 2.60 bits per heavy atom. The van der Waals surface area contributed by atoms with Crippen molar-refractivity contribution in [2.75, 3.05) is 18.4 Å². The molecule has 112 valence electrons. The van der Waals surface area contributed by atoms with Gasteiger partial charge >= 0.3 is 6.09 Å². The summed E-state index contributed by atoms with van der Waals surface area (Å²) in [5.74, 6) is 0.0967. The lowest BCUT2D eigenvalue weighted by atomic mass is 10.2. The van der Waals surface area contributed by atoms with Crippen LogP contribution in [0.25, 0.3) is 0 Å². The minimum absolute atomic E-state index is 0.0921. The van der Waals surface area contributed by atoms with Crippen molar-refractivity contribution in [2.45, 2.75) is 33.0 Å². The van der Waals surface area contributed by atoms with Crippen molar-refractivity contribution in [3.63, 3.8) is 0 Å². The summed E-state index contributed by atoms with van der Waals surface area (Å²) in [6.07, 6.45) is -0.479. The van der Waals surface area contributed by atoms with E-state index >= 15 is 0 Å². The van der Waals surface area contributed by atoms with E-state index in [4.69, 9.17) is 9.84 Å². The predicted octanol–water partition coefficient (Wildman–Crippen LogP) is 1.82. The number of rotatable bonds is 5. The number of phenolic OH excluding ortho intramolecular Hbond substituents is 1. The number of benzene rings is 1. The second kappa shape index (κ2) is 7.00. The van der Waals surface area contributed by atoms with E-state index in [-0.39, 0.29) is 12.4 Å². The van der Waals surface area contributed by atoms with Gasteiger partial charge in [-0.25, -0.2) is 4.79 Å². The van der Waals surface area contributed by atoms with Crippen molar-refractivity contribution in [3.05, 3.63) is 23.8 Å². The zero-order chi connectivity index (χ0) is 15.2. The lowest BCUT2D eigenvalue weighted by Crippen LogP contribution is -2.35. The molecule has 0 aliphatic heterocycles. The van der Waals surface area contributed by atoms with Gasteiger partial charge in [-0.1, -0.05) is 6.07 Å². The highest BCUT2D eigenvalue weighted by atomic mass is 16.6. The number of phenols is 1. The Hall–Kier alpha value is -1.95. The fourth-order valence-electron chi connectivity index (χ4n) is 1.50. The van der Waals surface area contributed by atoms with Gasteiger partial charge in [0.1, 0.15) is 11.4 Å². The molecular weight excluding hydrogens is 260 g/mol. The lowest BCUT2D eigenvalue weighted by molar-refractivity contribution is 0.0530. The van der Waals surface area contributed by atoms with Gasteiger partial charge in [-0.15, -0.1) is 0 Å². The Morgan fingerprint density at radius 1 is 1.30 bits per heavy atom. The normalized spacial score (nSPS) is 11.0. The molecule has 1 aromatic rings. The first kappa shape index (κ1) is 16.1. The summed E-state index contributed by atoms with van der Waals surface area (Å²) in [5.41, 5.74) is 0.693. The number of carbonyl (C=O) groups is 1. The molecule has 0 aliphatic rings. The van der Waals surface area contributed by atoms with Crippen molar-refractivity contribution in [1.82, 2.24) is 5.32 Å². The van der Waals surface area contributed by atoms with E-state index < -0.39 is 11.7 Å². The summed E-state index contributed by atoms with van der Waals surface area (Å²) >= 11 is 0. The molecule has 0 saturated carbocycles. The Bertz CT molecular complexity index is 455. The number of aliphatic hydroxyl groups excluding tert-OH is 1. The smallest absolute Gasteiger partial charge is 0.407 e. The lowest BCUT2D eigenvalue weighted by Gasteiger charge is -2.19. The van der Waals surface area contributed by atoms with E-state index in [1.807, 2.05) is 0 Å². The highest BCUT2D eigenvalue weighted by Crippen LogP contribution is 2.23. The zero-order valence-corrected chi connectivity index (χ0v) is 12.1. The van der Waals surface area contributed by atoms with E-state index in [0.29, 0.717) is 24.3 Å². The molecule has 0 bridgehead atoms. The van der Waals surface area contributed by atoms with Gasteiger partial charge in [-0.05, 0) is 38.5 Å². The average molecular weight is 282 g/mol. The Labute approximate surface area is 118 Å². The van der Waals surface area contributed by atoms with Crippen LogP contribution in [0.1, 0.15) is 26.3 Å². The molecule has 0 spiro atoms. The third-order valence-electron chi connectivity index (χ3n) is 2.35. The van der Waals surface area contributed by atoms with Crippen LogP contribution in [0.3, 0.4) is 0 Å². The minimum atomic E-state index is -0.523. The molecule has 0 saturated heterocycles. The van der Waals surface area contributed by atoms with Gasteiger partial charge in [-0.3, -0.25) is 0 Å². The number of anilines is 1. The van der Waals surface area contributed by atoms with Gasteiger partial charge in [0, 0.05) is 13.1 Å². The summed E-state index contributed by atoms with van der Waals surface area (Å²) < 4.78 is 5.09. The van der Waals surface area contributed by atoms with Gasteiger partial charge in [0.25, 0.3) is 0 Å². The molecule has 0 fully saturated rings. The molecule has 1 amide bonds. The van der Waals surface area contributed by atoms with Crippen LogP contribution < -0.4 is 10.6 Å². The summed E-state index contributed by atoms with van der Waals surface area (Å²) in [5, 5.41) is 24.2. The fraction of sp³-hybridized carbons (Fsp3) is 0.500. The van der Waals surface area contributed by atoms with E-state index in [2.05, 4.69) is 10.6 Å². The number of amides is 1. The van der Waals surface area contributed by atoms with Crippen molar-refractivity contribution >= 4 is 11.8 Å². The molecule has 6 heteroatoms. The maximum Gasteiger partial charge on any atom is 0.407 e. The Balaban J connectivity index is 2.36. The molecule has 0 aromatic heterocycles. The van der Waals surface area contributed by atoms with Crippen LogP contribution in [-0.4, -0.2) is 35.0 Å². The van der Waals surface area contributed by atoms with E-state index in [1.165, 1.54) is 6.07 Å². The van der Waals surface area contributed by atoms with Crippen LogP contribution >= 0.6 is 0 Å². The maximum atomic E-state index is 11.4. The third-order valence-corrected chi connectivity index (χ3v) is 2.35. The molecule has 0 unspecified atom stereocenters. The molecule has 0 aliphatic carbocycles. The van der Waals surface area contributed by atoms with Crippen LogP contribution in [0.4, 0.5) is 10.5 Å². The topological polar surface area (TPSA) is 90.8 Å². The molecule has 0 atom stereocenters.